The van der Waals surface area contributed by atoms with Crippen molar-refractivity contribution >= 4 is 11.6 Å². The maximum Gasteiger partial charge on any atom is 0.110 e. The van der Waals surface area contributed by atoms with Crippen LogP contribution in [0.2, 0.25) is 5.02 Å². The molecule has 0 radical (unpaired) electrons. The van der Waals surface area contributed by atoms with Crippen molar-refractivity contribution in [2.75, 3.05) is 13.6 Å². The average molecular weight is 244 g/mol. The van der Waals surface area contributed by atoms with Gasteiger partial charge in [-0.2, -0.15) is 5.10 Å². The Balaban J connectivity index is 2.33. The van der Waals surface area contributed by atoms with Gasteiger partial charge in [0, 0.05) is 19.6 Å². The lowest BCUT2D eigenvalue weighted by Gasteiger charge is -2.41. The van der Waals surface area contributed by atoms with E-state index in [4.69, 9.17) is 11.6 Å². The van der Waals surface area contributed by atoms with E-state index in [1.807, 2.05) is 7.05 Å². The molecule has 0 aromatic carbocycles. The standard InChI is InChI=1S/C11H18ClN3O/c1-8-6-11(16,4-5-14(8)2)10-9(12)7-13-15(10)3/h7-8,16H,4-6H2,1-3H3. The van der Waals surface area contributed by atoms with Gasteiger partial charge in [0.05, 0.1) is 16.9 Å². The quantitative estimate of drug-likeness (QED) is 0.810. The van der Waals surface area contributed by atoms with Crippen LogP contribution in [-0.2, 0) is 12.6 Å². The summed E-state index contributed by atoms with van der Waals surface area (Å²) in [7, 11) is 3.90. The molecule has 1 aromatic heterocycles. The largest absolute Gasteiger partial charge is 0.383 e. The van der Waals surface area contributed by atoms with Crippen molar-refractivity contribution in [3.8, 4) is 0 Å². The molecule has 0 bridgehead atoms. The van der Waals surface area contributed by atoms with E-state index in [2.05, 4.69) is 24.0 Å². The number of rotatable bonds is 1. The SMILES string of the molecule is CC1CC(O)(c2c(Cl)cnn2C)CCN1C. The van der Waals surface area contributed by atoms with E-state index in [-0.39, 0.29) is 0 Å². The minimum absolute atomic E-state index is 0.352. The molecule has 0 spiro atoms. The minimum atomic E-state index is -0.839. The van der Waals surface area contributed by atoms with Gasteiger partial charge < -0.3 is 10.0 Å². The molecule has 1 aromatic rings. The number of aryl methyl sites for hydroxylation is 1. The molecule has 1 aliphatic rings. The molecule has 1 saturated heterocycles. The van der Waals surface area contributed by atoms with E-state index < -0.39 is 5.60 Å². The lowest BCUT2D eigenvalue weighted by molar-refractivity contribution is -0.0464. The molecule has 2 unspecified atom stereocenters. The molecule has 1 aliphatic heterocycles. The molecule has 16 heavy (non-hydrogen) atoms. The molecule has 1 fully saturated rings. The fourth-order valence-electron chi connectivity index (χ4n) is 2.48. The van der Waals surface area contributed by atoms with Crippen LogP contribution in [0, 0.1) is 0 Å². The van der Waals surface area contributed by atoms with Crippen molar-refractivity contribution in [3.05, 3.63) is 16.9 Å². The first kappa shape index (κ1) is 11.9. The lowest BCUT2D eigenvalue weighted by Crippen LogP contribution is -2.46. The highest BCUT2D eigenvalue weighted by Crippen LogP contribution is 2.38. The zero-order valence-electron chi connectivity index (χ0n) is 9.94. The Bertz CT molecular complexity index is 373. The van der Waals surface area contributed by atoms with Gasteiger partial charge in [0.25, 0.3) is 0 Å². The molecular formula is C11H18ClN3O. The van der Waals surface area contributed by atoms with E-state index >= 15 is 0 Å². The minimum Gasteiger partial charge on any atom is -0.383 e. The second-order valence-corrected chi connectivity index (χ2v) is 5.19. The smallest absolute Gasteiger partial charge is 0.110 e. The maximum absolute atomic E-state index is 10.7. The van der Waals surface area contributed by atoms with Crippen molar-refractivity contribution in [1.29, 1.82) is 0 Å². The summed E-state index contributed by atoms with van der Waals surface area (Å²) in [6, 6.07) is 0.352. The second-order valence-electron chi connectivity index (χ2n) is 4.78. The van der Waals surface area contributed by atoms with E-state index in [0.717, 1.165) is 12.2 Å². The number of halogens is 1. The molecule has 2 atom stereocenters. The summed E-state index contributed by atoms with van der Waals surface area (Å²) in [6.07, 6.45) is 2.99. The lowest BCUT2D eigenvalue weighted by atomic mass is 9.84. The van der Waals surface area contributed by atoms with Gasteiger partial charge in [0.1, 0.15) is 5.60 Å². The summed E-state index contributed by atoms with van der Waals surface area (Å²) in [5.74, 6) is 0. The van der Waals surface area contributed by atoms with Gasteiger partial charge in [-0.15, -0.1) is 0 Å². The summed E-state index contributed by atoms with van der Waals surface area (Å²) in [4.78, 5) is 2.25. The summed E-state index contributed by atoms with van der Waals surface area (Å²) in [5.41, 5.74) is -0.0945. The monoisotopic (exact) mass is 243 g/mol. The summed E-state index contributed by atoms with van der Waals surface area (Å²) >= 11 is 6.10. The van der Waals surface area contributed by atoms with Crippen molar-refractivity contribution in [2.24, 2.45) is 7.05 Å². The maximum atomic E-state index is 10.7. The highest BCUT2D eigenvalue weighted by molar-refractivity contribution is 6.31. The Labute approximate surface area is 101 Å². The van der Waals surface area contributed by atoms with Crippen molar-refractivity contribution in [2.45, 2.75) is 31.4 Å². The second kappa shape index (κ2) is 4.02. The molecular weight excluding hydrogens is 226 g/mol. The van der Waals surface area contributed by atoms with Crippen LogP contribution in [0.4, 0.5) is 0 Å². The van der Waals surface area contributed by atoms with Crippen LogP contribution in [0.25, 0.3) is 0 Å². The van der Waals surface area contributed by atoms with Crippen LogP contribution in [0.15, 0.2) is 6.20 Å². The van der Waals surface area contributed by atoms with Gasteiger partial charge in [-0.25, -0.2) is 0 Å². The summed E-state index contributed by atoms with van der Waals surface area (Å²) < 4.78 is 1.68. The predicted octanol–water partition coefficient (Wildman–Crippen LogP) is 1.38. The zero-order chi connectivity index (χ0) is 11.9. The van der Waals surface area contributed by atoms with Crippen LogP contribution in [0.3, 0.4) is 0 Å². The van der Waals surface area contributed by atoms with E-state index in [1.54, 1.807) is 10.9 Å². The molecule has 0 saturated carbocycles. The summed E-state index contributed by atoms with van der Waals surface area (Å²) in [6.45, 7) is 2.99. The van der Waals surface area contributed by atoms with Crippen LogP contribution >= 0.6 is 11.6 Å². The third-order valence-corrected chi connectivity index (χ3v) is 3.88. The topological polar surface area (TPSA) is 41.3 Å². The number of hydrogen-bond donors (Lipinski definition) is 1. The van der Waals surface area contributed by atoms with Gasteiger partial charge in [-0.3, -0.25) is 4.68 Å². The number of nitrogens with zero attached hydrogens (tertiary/aromatic N) is 3. The van der Waals surface area contributed by atoms with Gasteiger partial charge >= 0.3 is 0 Å². The molecule has 4 nitrogen and oxygen atoms in total. The number of aromatic nitrogens is 2. The van der Waals surface area contributed by atoms with E-state index in [9.17, 15) is 5.11 Å². The Morgan fingerprint density at radius 2 is 2.25 bits per heavy atom. The average Bonchev–Trinajstić information content (AvgIpc) is 2.54. The Kier molecular flexibility index (Phi) is 2.99. The molecule has 5 heteroatoms. The highest BCUT2D eigenvalue weighted by Gasteiger charge is 2.40. The predicted molar refractivity (Wildman–Crippen MR) is 63.4 cm³/mol. The molecule has 90 valence electrons. The third kappa shape index (κ3) is 1.85. The van der Waals surface area contributed by atoms with E-state index in [1.165, 1.54) is 0 Å². The van der Waals surface area contributed by atoms with Gasteiger partial charge in [0.2, 0.25) is 0 Å². The van der Waals surface area contributed by atoms with Crippen LogP contribution in [-0.4, -0.2) is 39.4 Å². The Morgan fingerprint density at radius 1 is 1.56 bits per heavy atom. The molecule has 0 amide bonds. The van der Waals surface area contributed by atoms with Crippen molar-refractivity contribution in [3.63, 3.8) is 0 Å². The molecule has 1 N–H and O–H groups in total. The molecule has 2 heterocycles. The van der Waals surface area contributed by atoms with Crippen LogP contribution in [0.1, 0.15) is 25.5 Å². The first-order chi connectivity index (χ1) is 7.44. The highest BCUT2D eigenvalue weighted by atomic mass is 35.5. The third-order valence-electron chi connectivity index (χ3n) is 3.60. The van der Waals surface area contributed by atoms with Gasteiger partial charge in [-0.1, -0.05) is 11.6 Å². The Hall–Kier alpha value is -0.580. The first-order valence-electron chi connectivity index (χ1n) is 5.54. The fourth-order valence-corrected chi connectivity index (χ4v) is 2.82. The first-order valence-corrected chi connectivity index (χ1v) is 5.92. The van der Waals surface area contributed by atoms with E-state index in [0.29, 0.717) is 23.9 Å². The fraction of sp³-hybridized carbons (Fsp3) is 0.727. The van der Waals surface area contributed by atoms with Gasteiger partial charge in [0.15, 0.2) is 0 Å². The number of aliphatic hydroxyl groups is 1. The number of likely N-dealkylation sites (tertiary alicyclic amines) is 1. The van der Waals surface area contributed by atoms with Crippen LogP contribution < -0.4 is 0 Å². The number of piperidine rings is 1. The van der Waals surface area contributed by atoms with Gasteiger partial charge in [-0.05, 0) is 26.8 Å². The zero-order valence-corrected chi connectivity index (χ0v) is 10.7. The normalized spacial score (nSPS) is 31.9. The molecule has 2 rings (SSSR count). The van der Waals surface area contributed by atoms with Crippen molar-refractivity contribution in [1.82, 2.24) is 14.7 Å². The number of hydrogen-bond acceptors (Lipinski definition) is 3. The molecule has 0 aliphatic carbocycles. The van der Waals surface area contributed by atoms with Crippen molar-refractivity contribution < 1.29 is 5.11 Å². The Morgan fingerprint density at radius 3 is 2.75 bits per heavy atom. The van der Waals surface area contributed by atoms with Crippen LogP contribution in [0.5, 0.6) is 0 Å². The summed E-state index contributed by atoms with van der Waals surface area (Å²) in [5, 5.41) is 15.4.